The standard InChI is InChI=1S/C25H34N4O4/c1-14(2)19-12-18(22-15(3)28-29(23(22)27-19)25(4,5)6)24(31)26-13-20(30)17-11-16(32-7)9-10-21(17)33-8/h9-12,14,20,30H,13H2,1-8H3,(H,26,31). The van der Waals surface area contributed by atoms with Crippen LogP contribution in [-0.2, 0) is 5.54 Å². The number of nitrogens with zero attached hydrogens (tertiary/aromatic N) is 3. The van der Waals surface area contributed by atoms with Gasteiger partial charge in [-0.1, -0.05) is 13.8 Å². The third-order valence-corrected chi connectivity index (χ3v) is 5.56. The van der Waals surface area contributed by atoms with E-state index in [0.29, 0.717) is 28.3 Å². The molecule has 1 aromatic carbocycles. The Kier molecular flexibility index (Phi) is 6.97. The fourth-order valence-electron chi connectivity index (χ4n) is 3.75. The van der Waals surface area contributed by atoms with E-state index in [9.17, 15) is 9.90 Å². The highest BCUT2D eigenvalue weighted by Crippen LogP contribution is 2.31. The highest BCUT2D eigenvalue weighted by atomic mass is 16.5. The number of fused-ring (bicyclic) bond motifs is 1. The number of hydrogen-bond donors (Lipinski definition) is 2. The van der Waals surface area contributed by atoms with Crippen molar-refractivity contribution in [3.05, 3.63) is 46.8 Å². The molecular weight excluding hydrogens is 420 g/mol. The van der Waals surface area contributed by atoms with Crippen molar-refractivity contribution in [2.45, 2.75) is 59.1 Å². The van der Waals surface area contributed by atoms with Crippen molar-refractivity contribution in [3.63, 3.8) is 0 Å². The molecule has 8 nitrogen and oxygen atoms in total. The maximum Gasteiger partial charge on any atom is 0.252 e. The molecule has 1 unspecified atom stereocenters. The Morgan fingerprint density at radius 3 is 2.45 bits per heavy atom. The van der Waals surface area contributed by atoms with E-state index in [1.165, 1.54) is 7.11 Å². The molecular formula is C25H34N4O4. The van der Waals surface area contributed by atoms with Gasteiger partial charge < -0.3 is 19.9 Å². The first-order chi connectivity index (χ1) is 15.5. The summed E-state index contributed by atoms with van der Waals surface area (Å²) in [5.74, 6) is 0.963. The van der Waals surface area contributed by atoms with E-state index in [4.69, 9.17) is 14.5 Å². The normalized spacial score (nSPS) is 12.8. The van der Waals surface area contributed by atoms with Gasteiger partial charge in [0.15, 0.2) is 5.65 Å². The van der Waals surface area contributed by atoms with Gasteiger partial charge in [0, 0.05) is 17.8 Å². The highest BCUT2D eigenvalue weighted by molar-refractivity contribution is 6.06. The van der Waals surface area contributed by atoms with Gasteiger partial charge in [-0.15, -0.1) is 0 Å². The van der Waals surface area contributed by atoms with Crippen LogP contribution in [0, 0.1) is 6.92 Å². The van der Waals surface area contributed by atoms with Gasteiger partial charge in [-0.05, 0) is 57.9 Å². The minimum absolute atomic E-state index is 0.00957. The molecule has 1 atom stereocenters. The fourth-order valence-corrected chi connectivity index (χ4v) is 3.75. The van der Waals surface area contributed by atoms with Crippen LogP contribution in [0.5, 0.6) is 11.5 Å². The lowest BCUT2D eigenvalue weighted by molar-refractivity contribution is 0.0916. The third-order valence-electron chi connectivity index (χ3n) is 5.56. The Hall–Kier alpha value is -3.13. The van der Waals surface area contributed by atoms with Gasteiger partial charge in [0.05, 0.1) is 36.4 Å². The van der Waals surface area contributed by atoms with Crippen molar-refractivity contribution < 1.29 is 19.4 Å². The van der Waals surface area contributed by atoms with Gasteiger partial charge in [-0.3, -0.25) is 4.79 Å². The Balaban J connectivity index is 1.97. The summed E-state index contributed by atoms with van der Waals surface area (Å²) in [6.07, 6.45) is -0.973. The van der Waals surface area contributed by atoms with E-state index in [2.05, 4.69) is 31.2 Å². The van der Waals surface area contributed by atoms with E-state index in [-0.39, 0.29) is 23.9 Å². The van der Waals surface area contributed by atoms with Gasteiger partial charge >= 0.3 is 0 Å². The van der Waals surface area contributed by atoms with Crippen LogP contribution >= 0.6 is 0 Å². The first kappa shape index (κ1) is 24.5. The summed E-state index contributed by atoms with van der Waals surface area (Å²) in [5.41, 5.74) is 2.99. The maximum atomic E-state index is 13.3. The van der Waals surface area contributed by atoms with Crippen molar-refractivity contribution in [2.24, 2.45) is 0 Å². The molecule has 0 saturated heterocycles. The monoisotopic (exact) mass is 454 g/mol. The number of aliphatic hydroxyl groups excluding tert-OH is 1. The minimum Gasteiger partial charge on any atom is -0.497 e. The van der Waals surface area contributed by atoms with Gasteiger partial charge in [-0.2, -0.15) is 5.10 Å². The highest BCUT2D eigenvalue weighted by Gasteiger charge is 2.26. The molecule has 0 saturated carbocycles. The fraction of sp³-hybridized carbons (Fsp3) is 0.480. The number of aromatic nitrogens is 3. The lowest BCUT2D eigenvalue weighted by Gasteiger charge is -2.20. The summed E-state index contributed by atoms with van der Waals surface area (Å²) in [7, 11) is 3.09. The zero-order chi connectivity index (χ0) is 24.5. The number of nitrogens with one attached hydrogen (secondary N) is 1. The topological polar surface area (TPSA) is 98.5 Å². The molecule has 2 heterocycles. The SMILES string of the molecule is COc1ccc(OC)c(C(O)CNC(=O)c2cc(C(C)C)nc3c2c(C)nn3C(C)(C)C)c1. The number of benzene rings is 1. The predicted molar refractivity (Wildman–Crippen MR) is 128 cm³/mol. The first-order valence-electron chi connectivity index (χ1n) is 11.1. The molecule has 178 valence electrons. The number of hydrogen-bond acceptors (Lipinski definition) is 6. The van der Waals surface area contributed by atoms with Gasteiger partial charge in [-0.25, -0.2) is 9.67 Å². The Morgan fingerprint density at radius 1 is 1.18 bits per heavy atom. The second-order valence-electron chi connectivity index (χ2n) is 9.45. The number of pyridine rings is 1. The lowest BCUT2D eigenvalue weighted by Crippen LogP contribution is -2.29. The van der Waals surface area contributed by atoms with Gasteiger partial charge in [0.1, 0.15) is 17.6 Å². The zero-order valence-corrected chi connectivity index (χ0v) is 20.7. The summed E-state index contributed by atoms with van der Waals surface area (Å²) in [6, 6.07) is 7.01. The molecule has 2 N–H and O–H groups in total. The zero-order valence-electron chi connectivity index (χ0n) is 20.7. The second-order valence-corrected chi connectivity index (χ2v) is 9.45. The van der Waals surface area contributed by atoms with Crippen LogP contribution in [0.2, 0.25) is 0 Å². The van der Waals surface area contributed by atoms with Crippen LogP contribution in [0.1, 0.15) is 73.9 Å². The molecule has 33 heavy (non-hydrogen) atoms. The molecule has 0 aliphatic heterocycles. The maximum absolute atomic E-state index is 13.3. The van der Waals surface area contributed by atoms with Crippen molar-refractivity contribution >= 4 is 16.9 Å². The third kappa shape index (κ3) is 4.95. The van der Waals surface area contributed by atoms with E-state index in [1.54, 1.807) is 25.3 Å². The Morgan fingerprint density at radius 2 is 1.88 bits per heavy atom. The number of rotatable bonds is 7. The first-order valence-corrected chi connectivity index (χ1v) is 11.1. The van der Waals surface area contributed by atoms with Crippen LogP contribution < -0.4 is 14.8 Å². The van der Waals surface area contributed by atoms with E-state index < -0.39 is 6.10 Å². The molecule has 0 aliphatic carbocycles. The minimum atomic E-state index is -0.973. The van der Waals surface area contributed by atoms with Crippen molar-refractivity contribution in [1.29, 1.82) is 0 Å². The Labute approximate surface area is 194 Å². The summed E-state index contributed by atoms with van der Waals surface area (Å²) in [5, 5.41) is 19.1. The van der Waals surface area contributed by atoms with Crippen molar-refractivity contribution in [3.8, 4) is 11.5 Å². The van der Waals surface area contributed by atoms with Crippen LogP contribution in [0.15, 0.2) is 24.3 Å². The van der Waals surface area contributed by atoms with E-state index in [0.717, 1.165) is 16.8 Å². The molecule has 0 spiro atoms. The quantitative estimate of drug-likeness (QED) is 0.558. The smallest absolute Gasteiger partial charge is 0.252 e. The number of aryl methyl sites for hydroxylation is 1. The lowest BCUT2D eigenvalue weighted by atomic mass is 10.0. The van der Waals surface area contributed by atoms with Crippen LogP contribution in [-0.4, -0.2) is 46.5 Å². The number of methoxy groups -OCH3 is 2. The van der Waals surface area contributed by atoms with Gasteiger partial charge in [0.25, 0.3) is 5.91 Å². The van der Waals surface area contributed by atoms with E-state index >= 15 is 0 Å². The number of ether oxygens (including phenoxy) is 2. The van der Waals surface area contributed by atoms with Crippen LogP contribution in [0.3, 0.4) is 0 Å². The second kappa shape index (κ2) is 9.39. The van der Waals surface area contributed by atoms with Gasteiger partial charge in [0.2, 0.25) is 0 Å². The number of amides is 1. The molecule has 0 bridgehead atoms. The van der Waals surface area contributed by atoms with Crippen LogP contribution in [0.25, 0.3) is 11.0 Å². The van der Waals surface area contributed by atoms with Crippen molar-refractivity contribution in [1.82, 2.24) is 20.1 Å². The molecule has 1 amide bonds. The number of carbonyl (C=O) groups excluding carboxylic acids is 1. The molecule has 3 aromatic rings. The average Bonchev–Trinajstić information content (AvgIpc) is 3.13. The molecule has 0 fully saturated rings. The summed E-state index contributed by atoms with van der Waals surface area (Å²) < 4.78 is 12.5. The summed E-state index contributed by atoms with van der Waals surface area (Å²) in [4.78, 5) is 18.1. The predicted octanol–water partition coefficient (Wildman–Crippen LogP) is 4.10. The van der Waals surface area contributed by atoms with Crippen molar-refractivity contribution in [2.75, 3.05) is 20.8 Å². The number of aliphatic hydroxyl groups is 1. The Bertz CT molecular complexity index is 1160. The molecule has 3 rings (SSSR count). The molecule has 0 radical (unpaired) electrons. The molecule has 8 heteroatoms. The van der Waals surface area contributed by atoms with E-state index in [1.807, 2.05) is 31.5 Å². The summed E-state index contributed by atoms with van der Waals surface area (Å²) >= 11 is 0. The molecule has 2 aromatic heterocycles. The largest absolute Gasteiger partial charge is 0.497 e. The van der Waals surface area contributed by atoms with Crippen LogP contribution in [0.4, 0.5) is 0 Å². The average molecular weight is 455 g/mol. The molecule has 0 aliphatic rings. The summed E-state index contributed by atoms with van der Waals surface area (Å²) in [6.45, 7) is 12.1. The number of carbonyl (C=O) groups is 1.